The minimum absolute atomic E-state index is 0.107. The summed E-state index contributed by atoms with van der Waals surface area (Å²) >= 11 is 1.65. The quantitative estimate of drug-likeness (QED) is 0.128. The largest absolute Gasteiger partial charge is 0.497 e. The SMILES string of the molecule is CCCn1c(SCCNC(=O)C=Cc2ccccc2)nc(-c2ccc(OC)cc2)c1-c1ccc(OC)cc1. The van der Waals surface area contributed by atoms with Crippen LogP contribution in [0, 0.1) is 0 Å². The molecule has 4 aromatic rings. The van der Waals surface area contributed by atoms with Crippen LogP contribution in [-0.2, 0) is 11.3 Å². The predicted octanol–water partition coefficient (Wildman–Crippen LogP) is 6.57. The van der Waals surface area contributed by atoms with Gasteiger partial charge in [0.1, 0.15) is 11.5 Å². The molecule has 0 saturated heterocycles. The number of ether oxygens (including phenoxy) is 2. The van der Waals surface area contributed by atoms with Gasteiger partial charge in [-0.2, -0.15) is 0 Å². The molecule has 0 aliphatic carbocycles. The molecule has 0 aliphatic heterocycles. The maximum Gasteiger partial charge on any atom is 0.244 e. The van der Waals surface area contributed by atoms with Crippen molar-refractivity contribution in [3.8, 4) is 34.0 Å². The minimum Gasteiger partial charge on any atom is -0.497 e. The molecular weight excluding hydrogens is 494 g/mol. The molecule has 1 heterocycles. The standard InChI is InChI=1S/C31H33N3O3S/c1-4-21-34-30(25-13-17-27(37-3)18-14-25)29(24-11-15-26(36-2)16-12-24)33-31(34)38-22-20-32-28(35)19-10-23-8-6-5-7-9-23/h5-19H,4,20-22H2,1-3H3,(H,32,35). The molecule has 0 bridgehead atoms. The molecular formula is C31H33N3O3S. The van der Waals surface area contributed by atoms with Gasteiger partial charge in [-0.3, -0.25) is 4.79 Å². The fourth-order valence-electron chi connectivity index (χ4n) is 4.08. The van der Waals surface area contributed by atoms with E-state index < -0.39 is 0 Å². The zero-order valence-electron chi connectivity index (χ0n) is 22.0. The van der Waals surface area contributed by atoms with E-state index in [1.165, 1.54) is 0 Å². The highest BCUT2D eigenvalue weighted by molar-refractivity contribution is 7.99. The summed E-state index contributed by atoms with van der Waals surface area (Å²) in [6, 6.07) is 25.9. The van der Waals surface area contributed by atoms with Gasteiger partial charge in [0.25, 0.3) is 0 Å². The molecule has 0 unspecified atom stereocenters. The van der Waals surface area contributed by atoms with E-state index in [4.69, 9.17) is 14.5 Å². The van der Waals surface area contributed by atoms with E-state index in [1.54, 1.807) is 32.1 Å². The van der Waals surface area contributed by atoms with E-state index in [0.29, 0.717) is 12.3 Å². The maximum atomic E-state index is 12.3. The Morgan fingerprint density at radius 1 is 0.921 bits per heavy atom. The number of rotatable bonds is 12. The molecule has 0 spiro atoms. The summed E-state index contributed by atoms with van der Waals surface area (Å²) in [4.78, 5) is 17.4. The molecule has 6 nitrogen and oxygen atoms in total. The number of carbonyl (C=O) groups is 1. The van der Waals surface area contributed by atoms with E-state index in [1.807, 2.05) is 72.8 Å². The normalized spacial score (nSPS) is 11.0. The van der Waals surface area contributed by atoms with Crippen molar-refractivity contribution in [3.05, 3.63) is 90.5 Å². The van der Waals surface area contributed by atoms with Crippen LogP contribution in [-0.4, -0.2) is 42.0 Å². The Morgan fingerprint density at radius 3 is 2.16 bits per heavy atom. The maximum absolute atomic E-state index is 12.3. The van der Waals surface area contributed by atoms with Gasteiger partial charge in [-0.15, -0.1) is 0 Å². The Labute approximate surface area is 228 Å². The Morgan fingerprint density at radius 2 is 1.55 bits per heavy atom. The summed E-state index contributed by atoms with van der Waals surface area (Å²) in [6.07, 6.45) is 4.36. The second kappa shape index (κ2) is 13.5. The number of benzene rings is 3. The number of nitrogens with one attached hydrogen (secondary N) is 1. The van der Waals surface area contributed by atoms with E-state index >= 15 is 0 Å². The second-order valence-corrected chi connectivity index (χ2v) is 9.65. The topological polar surface area (TPSA) is 65.4 Å². The molecule has 7 heteroatoms. The molecule has 1 amide bonds. The van der Waals surface area contributed by atoms with Crippen LogP contribution in [0.15, 0.2) is 90.1 Å². The highest BCUT2D eigenvalue weighted by atomic mass is 32.2. The van der Waals surface area contributed by atoms with Crippen LogP contribution in [0.4, 0.5) is 0 Å². The molecule has 4 rings (SSSR count). The lowest BCUT2D eigenvalue weighted by molar-refractivity contribution is -0.116. The number of hydrogen-bond acceptors (Lipinski definition) is 5. The number of aromatic nitrogens is 2. The average molecular weight is 528 g/mol. The summed E-state index contributed by atoms with van der Waals surface area (Å²) < 4.78 is 13.0. The van der Waals surface area contributed by atoms with Gasteiger partial charge in [0.15, 0.2) is 5.16 Å². The summed E-state index contributed by atoms with van der Waals surface area (Å²) in [6.45, 7) is 3.54. The van der Waals surface area contributed by atoms with Gasteiger partial charge in [-0.1, -0.05) is 49.0 Å². The van der Waals surface area contributed by atoms with Gasteiger partial charge >= 0.3 is 0 Å². The third kappa shape index (κ3) is 6.86. The van der Waals surface area contributed by atoms with Crippen LogP contribution in [0.3, 0.4) is 0 Å². The first-order valence-corrected chi connectivity index (χ1v) is 13.6. The molecule has 0 saturated carbocycles. The second-order valence-electron chi connectivity index (χ2n) is 8.58. The lowest BCUT2D eigenvalue weighted by atomic mass is 10.0. The highest BCUT2D eigenvalue weighted by Crippen LogP contribution is 2.37. The molecule has 1 N–H and O–H groups in total. The summed E-state index contributed by atoms with van der Waals surface area (Å²) in [5, 5.41) is 3.90. The number of hydrogen-bond donors (Lipinski definition) is 1. The van der Waals surface area contributed by atoms with Gasteiger partial charge < -0.3 is 19.4 Å². The van der Waals surface area contributed by atoms with Crippen LogP contribution < -0.4 is 14.8 Å². The van der Waals surface area contributed by atoms with Gasteiger partial charge in [-0.25, -0.2) is 4.98 Å². The number of amides is 1. The monoisotopic (exact) mass is 527 g/mol. The van der Waals surface area contributed by atoms with Crippen molar-refractivity contribution in [2.24, 2.45) is 0 Å². The van der Waals surface area contributed by atoms with Crippen molar-refractivity contribution in [3.63, 3.8) is 0 Å². The van der Waals surface area contributed by atoms with Crippen LogP contribution in [0.25, 0.3) is 28.6 Å². The summed E-state index contributed by atoms with van der Waals surface area (Å²) in [5.41, 5.74) is 5.08. The first-order chi connectivity index (χ1) is 18.6. The molecule has 3 aromatic carbocycles. The molecule has 0 atom stereocenters. The van der Waals surface area contributed by atoms with Crippen LogP contribution in [0.1, 0.15) is 18.9 Å². The van der Waals surface area contributed by atoms with Crippen molar-refractivity contribution in [1.29, 1.82) is 0 Å². The number of imidazole rings is 1. The fraction of sp³-hybridized carbons (Fsp3) is 0.226. The Hall–Kier alpha value is -3.97. The highest BCUT2D eigenvalue weighted by Gasteiger charge is 2.20. The molecule has 196 valence electrons. The Bertz CT molecular complexity index is 1350. The lowest BCUT2D eigenvalue weighted by Crippen LogP contribution is -2.23. The van der Waals surface area contributed by atoms with Crippen molar-refractivity contribution in [1.82, 2.24) is 14.9 Å². The van der Waals surface area contributed by atoms with Crippen LogP contribution >= 0.6 is 11.8 Å². The van der Waals surface area contributed by atoms with Crippen LogP contribution in [0.2, 0.25) is 0 Å². The Balaban J connectivity index is 1.55. The molecule has 0 aliphatic rings. The summed E-state index contributed by atoms with van der Waals surface area (Å²) in [5.74, 6) is 2.21. The van der Waals surface area contributed by atoms with E-state index in [9.17, 15) is 4.79 Å². The summed E-state index contributed by atoms with van der Waals surface area (Å²) in [7, 11) is 3.34. The molecule has 38 heavy (non-hydrogen) atoms. The lowest BCUT2D eigenvalue weighted by Gasteiger charge is -2.13. The molecule has 0 radical (unpaired) electrons. The van der Waals surface area contributed by atoms with Gasteiger partial charge in [0.05, 0.1) is 25.6 Å². The first kappa shape index (κ1) is 27.1. The number of nitrogens with zero attached hydrogens (tertiary/aromatic N) is 2. The third-order valence-electron chi connectivity index (χ3n) is 5.97. The fourth-order valence-corrected chi connectivity index (χ4v) is 4.96. The van der Waals surface area contributed by atoms with Gasteiger partial charge in [-0.05, 0) is 66.6 Å². The first-order valence-electron chi connectivity index (χ1n) is 12.7. The Kier molecular flexibility index (Phi) is 9.65. The zero-order valence-corrected chi connectivity index (χ0v) is 22.8. The van der Waals surface area contributed by atoms with Crippen molar-refractivity contribution in [2.45, 2.75) is 25.0 Å². The van der Waals surface area contributed by atoms with Crippen molar-refractivity contribution < 1.29 is 14.3 Å². The van der Waals surface area contributed by atoms with Crippen molar-refractivity contribution in [2.75, 3.05) is 26.5 Å². The van der Waals surface area contributed by atoms with E-state index in [-0.39, 0.29) is 5.91 Å². The molecule has 0 fully saturated rings. The van der Waals surface area contributed by atoms with Gasteiger partial charge in [0.2, 0.25) is 5.91 Å². The zero-order chi connectivity index (χ0) is 26.7. The minimum atomic E-state index is -0.107. The number of thioether (sulfide) groups is 1. The van der Waals surface area contributed by atoms with E-state index in [2.05, 4.69) is 28.9 Å². The number of methoxy groups -OCH3 is 2. The molecule has 1 aromatic heterocycles. The van der Waals surface area contributed by atoms with Crippen LogP contribution in [0.5, 0.6) is 11.5 Å². The van der Waals surface area contributed by atoms with E-state index in [0.717, 1.165) is 57.7 Å². The smallest absolute Gasteiger partial charge is 0.244 e. The van der Waals surface area contributed by atoms with Crippen molar-refractivity contribution >= 4 is 23.7 Å². The average Bonchev–Trinajstić information content (AvgIpc) is 3.33. The predicted molar refractivity (Wildman–Crippen MR) is 156 cm³/mol. The van der Waals surface area contributed by atoms with Gasteiger partial charge in [0, 0.05) is 36.0 Å². The number of carbonyl (C=O) groups excluding carboxylic acids is 1. The third-order valence-corrected chi connectivity index (χ3v) is 6.94.